The third-order valence-corrected chi connectivity index (χ3v) is 5.34. The number of imide groups is 1. The Morgan fingerprint density at radius 2 is 1.75 bits per heavy atom. The van der Waals surface area contributed by atoms with Crippen LogP contribution in [0.4, 0.5) is 9.18 Å². The fraction of sp³-hybridized carbons (Fsp3) is 0.550. The number of nitrogens with one attached hydrogen (secondary N) is 1. The molecule has 3 rings (SSSR count). The molecule has 1 N–H and O–H groups in total. The van der Waals surface area contributed by atoms with Crippen LogP contribution < -0.4 is 5.32 Å². The van der Waals surface area contributed by atoms with Crippen molar-refractivity contribution in [3.05, 3.63) is 35.6 Å². The van der Waals surface area contributed by atoms with Crippen molar-refractivity contribution in [2.24, 2.45) is 5.92 Å². The van der Waals surface area contributed by atoms with E-state index in [1.54, 1.807) is 11.8 Å². The summed E-state index contributed by atoms with van der Waals surface area (Å²) in [7, 11) is 0. The van der Waals surface area contributed by atoms with Crippen LogP contribution >= 0.6 is 0 Å². The average molecular weight is 390 g/mol. The summed E-state index contributed by atoms with van der Waals surface area (Å²) in [4.78, 5) is 42.9. The molecule has 152 valence electrons. The molecule has 2 fully saturated rings. The first kappa shape index (κ1) is 20.3. The van der Waals surface area contributed by atoms with Gasteiger partial charge in [-0.1, -0.05) is 26.0 Å². The number of urea groups is 1. The minimum absolute atomic E-state index is 0.240. The van der Waals surface area contributed by atoms with E-state index in [2.05, 4.69) is 24.1 Å². The third kappa shape index (κ3) is 4.01. The Morgan fingerprint density at radius 1 is 1.14 bits per heavy atom. The van der Waals surface area contributed by atoms with Gasteiger partial charge in [0.25, 0.3) is 5.91 Å². The molecular weight excluding hydrogens is 363 g/mol. The summed E-state index contributed by atoms with van der Waals surface area (Å²) < 4.78 is 13.2. The van der Waals surface area contributed by atoms with Gasteiger partial charge in [0.1, 0.15) is 17.9 Å². The van der Waals surface area contributed by atoms with Gasteiger partial charge in [-0.3, -0.25) is 19.4 Å². The molecule has 0 spiro atoms. The lowest BCUT2D eigenvalue weighted by Gasteiger charge is -2.36. The zero-order chi connectivity index (χ0) is 20.5. The van der Waals surface area contributed by atoms with Gasteiger partial charge >= 0.3 is 6.03 Å². The van der Waals surface area contributed by atoms with Crippen molar-refractivity contribution in [2.45, 2.75) is 26.3 Å². The largest absolute Gasteiger partial charge is 0.339 e. The molecule has 2 aliphatic heterocycles. The van der Waals surface area contributed by atoms with Gasteiger partial charge in [0.15, 0.2) is 0 Å². The van der Waals surface area contributed by atoms with E-state index in [-0.39, 0.29) is 12.5 Å². The number of piperazine rings is 1. The van der Waals surface area contributed by atoms with Gasteiger partial charge in [0, 0.05) is 32.7 Å². The Balaban J connectivity index is 1.63. The molecule has 2 aliphatic rings. The lowest BCUT2D eigenvalue weighted by atomic mass is 9.92. The second-order valence-corrected chi connectivity index (χ2v) is 8.03. The van der Waals surface area contributed by atoms with E-state index in [1.165, 1.54) is 24.3 Å². The molecule has 4 amide bonds. The summed E-state index contributed by atoms with van der Waals surface area (Å²) in [5.41, 5.74) is -0.828. The molecule has 28 heavy (non-hydrogen) atoms. The van der Waals surface area contributed by atoms with Gasteiger partial charge in [-0.2, -0.15) is 0 Å². The number of halogens is 1. The number of benzene rings is 1. The van der Waals surface area contributed by atoms with E-state index >= 15 is 0 Å². The second kappa shape index (κ2) is 7.87. The first-order valence-corrected chi connectivity index (χ1v) is 9.61. The van der Waals surface area contributed by atoms with Crippen LogP contribution in [0.15, 0.2) is 24.3 Å². The van der Waals surface area contributed by atoms with Gasteiger partial charge < -0.3 is 10.2 Å². The van der Waals surface area contributed by atoms with Crippen LogP contribution in [0, 0.1) is 11.7 Å². The maximum absolute atomic E-state index is 13.2. The first-order chi connectivity index (χ1) is 13.2. The highest BCUT2D eigenvalue weighted by molar-refractivity contribution is 6.09. The summed E-state index contributed by atoms with van der Waals surface area (Å²) in [6, 6.07) is 4.80. The predicted molar refractivity (Wildman–Crippen MR) is 102 cm³/mol. The summed E-state index contributed by atoms with van der Waals surface area (Å²) >= 11 is 0. The Kier molecular flexibility index (Phi) is 5.69. The third-order valence-electron chi connectivity index (χ3n) is 5.34. The maximum atomic E-state index is 13.2. The van der Waals surface area contributed by atoms with Crippen LogP contribution in [0.5, 0.6) is 0 Å². The Hall–Kier alpha value is -2.48. The SMILES string of the molecule is CC(C)CN1CCN(C(=O)CN2C(=O)NC(C)(c3ccc(F)cc3)C2=O)CC1. The molecular formula is C20H27FN4O3. The van der Waals surface area contributed by atoms with Gasteiger partial charge in [0.05, 0.1) is 0 Å². The minimum Gasteiger partial charge on any atom is -0.339 e. The van der Waals surface area contributed by atoms with Gasteiger partial charge in [-0.25, -0.2) is 9.18 Å². The van der Waals surface area contributed by atoms with Crippen LogP contribution in [0.3, 0.4) is 0 Å². The van der Waals surface area contributed by atoms with Crippen LogP contribution in [0.25, 0.3) is 0 Å². The van der Waals surface area contributed by atoms with E-state index in [0.717, 1.165) is 24.5 Å². The number of rotatable bonds is 5. The fourth-order valence-electron chi connectivity index (χ4n) is 3.75. The number of nitrogens with zero attached hydrogens (tertiary/aromatic N) is 3. The number of amides is 4. The van der Waals surface area contributed by atoms with E-state index < -0.39 is 23.3 Å². The summed E-state index contributed by atoms with van der Waals surface area (Å²) in [6.07, 6.45) is 0. The smallest absolute Gasteiger partial charge is 0.325 e. The summed E-state index contributed by atoms with van der Waals surface area (Å²) in [5.74, 6) is -0.600. The number of hydrogen-bond donors (Lipinski definition) is 1. The Labute approximate surface area is 164 Å². The topological polar surface area (TPSA) is 73.0 Å². The normalized spacial score (nSPS) is 23.5. The molecule has 0 bridgehead atoms. The Morgan fingerprint density at radius 3 is 2.32 bits per heavy atom. The molecule has 2 saturated heterocycles. The average Bonchev–Trinajstić information content (AvgIpc) is 2.86. The second-order valence-electron chi connectivity index (χ2n) is 8.03. The molecule has 1 atom stereocenters. The van der Waals surface area contributed by atoms with Crippen molar-refractivity contribution >= 4 is 17.8 Å². The number of carbonyl (C=O) groups is 3. The Bertz CT molecular complexity index is 759. The molecule has 1 aromatic carbocycles. The monoisotopic (exact) mass is 390 g/mol. The van der Waals surface area contributed by atoms with Gasteiger partial charge in [-0.05, 0) is 30.5 Å². The molecule has 0 aromatic heterocycles. The molecule has 1 aromatic rings. The standard InChI is InChI=1S/C20H27FN4O3/c1-14(2)12-23-8-10-24(11-9-23)17(26)13-25-18(27)20(3,22-19(25)28)15-4-6-16(21)7-5-15/h4-7,14H,8-13H2,1-3H3,(H,22,28). The predicted octanol–water partition coefficient (Wildman–Crippen LogP) is 1.39. The first-order valence-electron chi connectivity index (χ1n) is 9.61. The van der Waals surface area contributed by atoms with E-state index in [1.807, 2.05) is 0 Å². The van der Waals surface area contributed by atoms with E-state index in [0.29, 0.717) is 24.6 Å². The fourth-order valence-corrected chi connectivity index (χ4v) is 3.75. The van der Waals surface area contributed by atoms with Crippen molar-refractivity contribution < 1.29 is 18.8 Å². The molecule has 0 radical (unpaired) electrons. The van der Waals surface area contributed by atoms with Crippen molar-refractivity contribution in [3.8, 4) is 0 Å². The summed E-state index contributed by atoms with van der Waals surface area (Å²) in [5, 5.41) is 2.64. The van der Waals surface area contributed by atoms with Crippen molar-refractivity contribution in [1.82, 2.24) is 20.0 Å². The van der Waals surface area contributed by atoms with Gasteiger partial charge in [0.2, 0.25) is 5.91 Å². The quantitative estimate of drug-likeness (QED) is 0.772. The van der Waals surface area contributed by atoms with Crippen molar-refractivity contribution in [2.75, 3.05) is 39.3 Å². The highest BCUT2D eigenvalue weighted by Gasteiger charge is 2.49. The molecule has 7 nitrogen and oxygen atoms in total. The lowest BCUT2D eigenvalue weighted by Crippen LogP contribution is -2.52. The van der Waals surface area contributed by atoms with Crippen LogP contribution in [-0.2, 0) is 15.1 Å². The van der Waals surface area contributed by atoms with E-state index in [4.69, 9.17) is 0 Å². The number of carbonyl (C=O) groups excluding carboxylic acids is 3. The van der Waals surface area contributed by atoms with Crippen molar-refractivity contribution in [3.63, 3.8) is 0 Å². The van der Waals surface area contributed by atoms with Gasteiger partial charge in [-0.15, -0.1) is 0 Å². The van der Waals surface area contributed by atoms with Crippen molar-refractivity contribution in [1.29, 1.82) is 0 Å². The molecule has 0 aliphatic carbocycles. The minimum atomic E-state index is -1.30. The molecule has 0 saturated carbocycles. The van der Waals surface area contributed by atoms with Crippen LogP contribution in [0.2, 0.25) is 0 Å². The van der Waals surface area contributed by atoms with Crippen LogP contribution in [0.1, 0.15) is 26.3 Å². The summed E-state index contributed by atoms with van der Waals surface area (Å²) in [6.45, 7) is 9.34. The zero-order valence-electron chi connectivity index (χ0n) is 16.6. The molecule has 2 heterocycles. The number of hydrogen-bond acceptors (Lipinski definition) is 4. The highest BCUT2D eigenvalue weighted by atomic mass is 19.1. The molecule has 1 unspecified atom stereocenters. The van der Waals surface area contributed by atoms with Crippen LogP contribution in [-0.4, -0.2) is 71.8 Å². The lowest BCUT2D eigenvalue weighted by molar-refractivity contribution is -0.139. The maximum Gasteiger partial charge on any atom is 0.325 e. The molecule has 8 heteroatoms. The zero-order valence-corrected chi connectivity index (χ0v) is 16.6. The van der Waals surface area contributed by atoms with E-state index in [9.17, 15) is 18.8 Å². The highest BCUT2D eigenvalue weighted by Crippen LogP contribution is 2.29.